The Kier molecular flexibility index (Phi) is 5.89. The molecule has 0 N–H and O–H groups in total. The number of amides is 1. The van der Waals surface area contributed by atoms with E-state index in [0.717, 1.165) is 16.9 Å². The van der Waals surface area contributed by atoms with Crippen molar-refractivity contribution in [2.75, 3.05) is 33.3 Å². The molecule has 0 saturated carbocycles. The number of carbonyl (C=O) groups excluding carboxylic acids is 1. The Morgan fingerprint density at radius 3 is 2.53 bits per heavy atom. The van der Waals surface area contributed by atoms with Gasteiger partial charge in [-0.3, -0.25) is 9.88 Å². The highest BCUT2D eigenvalue weighted by atomic mass is 16.5. The molecule has 0 bridgehead atoms. The minimum atomic E-state index is -0.214. The van der Waals surface area contributed by atoms with Crippen LogP contribution in [-0.2, 0) is 0 Å². The van der Waals surface area contributed by atoms with E-state index in [4.69, 9.17) is 10.00 Å². The summed E-state index contributed by atoms with van der Waals surface area (Å²) in [5.74, 6) is 0.811. The minimum absolute atomic E-state index is 0.0217. The molecule has 1 saturated heterocycles. The van der Waals surface area contributed by atoms with E-state index in [1.165, 1.54) is 4.68 Å². The predicted octanol–water partition coefficient (Wildman–Crippen LogP) is 3.08. The van der Waals surface area contributed by atoms with Crippen LogP contribution in [0, 0.1) is 11.3 Å². The molecule has 1 atom stereocenters. The molecule has 170 valence electrons. The summed E-state index contributed by atoms with van der Waals surface area (Å²) < 4.78 is 6.63. The van der Waals surface area contributed by atoms with Gasteiger partial charge in [-0.2, -0.15) is 9.94 Å². The fraction of sp³-hybridized carbons (Fsp3) is 0.240. The third kappa shape index (κ3) is 4.07. The average molecular weight is 454 g/mol. The largest absolute Gasteiger partial charge is 0.497 e. The van der Waals surface area contributed by atoms with Crippen LogP contribution in [0.1, 0.15) is 22.7 Å². The van der Waals surface area contributed by atoms with Crippen molar-refractivity contribution in [3.05, 3.63) is 83.7 Å². The van der Waals surface area contributed by atoms with Crippen LogP contribution in [0.5, 0.6) is 5.75 Å². The maximum Gasteiger partial charge on any atom is 0.346 e. The molecule has 1 amide bonds. The fourth-order valence-corrected chi connectivity index (χ4v) is 4.38. The van der Waals surface area contributed by atoms with Crippen LogP contribution in [0.4, 0.5) is 4.79 Å². The number of aromatic nitrogens is 4. The number of piperazine rings is 1. The first kappa shape index (κ1) is 21.6. The van der Waals surface area contributed by atoms with Crippen molar-refractivity contribution in [3.63, 3.8) is 0 Å². The SMILES string of the molecule is COc1ccc(C(c2cccnc2)N2CCN(C(=O)n3nnc4cc(C#N)ccc43)CC2)cc1. The topological polar surface area (TPSA) is 100 Å². The molecule has 0 radical (unpaired) electrons. The van der Waals surface area contributed by atoms with Crippen LogP contribution in [0.15, 0.2) is 67.0 Å². The van der Waals surface area contributed by atoms with Gasteiger partial charge in [0, 0.05) is 38.6 Å². The summed E-state index contributed by atoms with van der Waals surface area (Å²) in [4.78, 5) is 21.7. The molecule has 5 rings (SSSR count). The van der Waals surface area contributed by atoms with Gasteiger partial charge in [0.25, 0.3) is 0 Å². The Labute approximate surface area is 196 Å². The van der Waals surface area contributed by atoms with E-state index < -0.39 is 0 Å². The third-order valence-corrected chi connectivity index (χ3v) is 6.14. The molecule has 2 aromatic carbocycles. The van der Waals surface area contributed by atoms with E-state index in [2.05, 4.69) is 44.5 Å². The quantitative estimate of drug-likeness (QED) is 0.468. The van der Waals surface area contributed by atoms with Crippen LogP contribution in [-0.4, -0.2) is 69.1 Å². The molecule has 0 spiro atoms. The summed E-state index contributed by atoms with van der Waals surface area (Å²) in [6.45, 7) is 2.51. The van der Waals surface area contributed by atoms with Gasteiger partial charge in [0.2, 0.25) is 0 Å². The molecule has 1 unspecified atom stereocenters. The van der Waals surface area contributed by atoms with Crippen molar-refractivity contribution >= 4 is 17.1 Å². The third-order valence-electron chi connectivity index (χ3n) is 6.14. The Balaban J connectivity index is 1.35. The van der Waals surface area contributed by atoms with Gasteiger partial charge in [-0.25, -0.2) is 4.79 Å². The summed E-state index contributed by atoms with van der Waals surface area (Å²) in [7, 11) is 1.66. The van der Waals surface area contributed by atoms with Gasteiger partial charge in [0.15, 0.2) is 0 Å². The van der Waals surface area contributed by atoms with E-state index in [9.17, 15) is 4.79 Å². The van der Waals surface area contributed by atoms with Crippen molar-refractivity contribution in [1.82, 2.24) is 29.8 Å². The Morgan fingerprint density at radius 2 is 1.85 bits per heavy atom. The highest BCUT2D eigenvalue weighted by Gasteiger charge is 2.29. The number of benzene rings is 2. The lowest BCUT2D eigenvalue weighted by Gasteiger charge is -2.39. The van der Waals surface area contributed by atoms with Gasteiger partial charge in [0.05, 0.1) is 30.3 Å². The first-order valence-corrected chi connectivity index (χ1v) is 11.0. The molecule has 1 aliphatic rings. The van der Waals surface area contributed by atoms with Gasteiger partial charge in [0.1, 0.15) is 11.3 Å². The second kappa shape index (κ2) is 9.29. The van der Waals surface area contributed by atoms with Crippen LogP contribution >= 0.6 is 0 Å². The first-order valence-electron chi connectivity index (χ1n) is 11.0. The lowest BCUT2D eigenvalue weighted by molar-refractivity contribution is 0.120. The highest BCUT2D eigenvalue weighted by molar-refractivity contribution is 5.88. The predicted molar refractivity (Wildman–Crippen MR) is 125 cm³/mol. The molecule has 1 aliphatic heterocycles. The van der Waals surface area contributed by atoms with E-state index in [-0.39, 0.29) is 12.1 Å². The fourth-order valence-electron chi connectivity index (χ4n) is 4.38. The zero-order valence-corrected chi connectivity index (χ0v) is 18.7. The number of nitriles is 1. The van der Waals surface area contributed by atoms with Crippen LogP contribution in [0.3, 0.4) is 0 Å². The van der Waals surface area contributed by atoms with Crippen LogP contribution < -0.4 is 4.74 Å². The molecule has 1 fully saturated rings. The number of hydrogen-bond acceptors (Lipinski definition) is 7. The van der Waals surface area contributed by atoms with E-state index in [1.807, 2.05) is 24.4 Å². The zero-order chi connectivity index (χ0) is 23.5. The number of rotatable bonds is 4. The standard InChI is InChI=1S/C25H23N7O2/c1-34-21-7-5-19(6-8-21)24(20-3-2-10-27-17-20)30-11-13-31(14-12-30)25(33)32-23-9-4-18(16-26)15-22(23)28-29-32/h2-10,15,17,24H,11-14H2,1H3. The Hall–Kier alpha value is -4.29. The molecule has 3 heterocycles. The number of carbonyl (C=O) groups is 1. The lowest BCUT2D eigenvalue weighted by atomic mass is 9.97. The summed E-state index contributed by atoms with van der Waals surface area (Å²) in [5.41, 5.74) is 3.85. The molecular formula is C25H23N7O2. The molecular weight excluding hydrogens is 430 g/mol. The van der Waals surface area contributed by atoms with Gasteiger partial charge < -0.3 is 9.64 Å². The van der Waals surface area contributed by atoms with Crippen molar-refractivity contribution in [2.24, 2.45) is 0 Å². The van der Waals surface area contributed by atoms with Gasteiger partial charge in [-0.1, -0.05) is 23.4 Å². The maximum atomic E-state index is 13.2. The van der Waals surface area contributed by atoms with Crippen molar-refractivity contribution in [2.45, 2.75) is 6.04 Å². The zero-order valence-electron chi connectivity index (χ0n) is 18.7. The van der Waals surface area contributed by atoms with Crippen LogP contribution in [0.2, 0.25) is 0 Å². The second-order valence-electron chi connectivity index (χ2n) is 8.08. The number of fused-ring (bicyclic) bond motifs is 1. The number of ether oxygens (including phenoxy) is 1. The molecule has 2 aromatic heterocycles. The van der Waals surface area contributed by atoms with Crippen molar-refractivity contribution in [3.8, 4) is 11.8 Å². The molecule has 4 aromatic rings. The number of pyridine rings is 1. The maximum absolute atomic E-state index is 13.2. The van der Waals surface area contributed by atoms with Crippen molar-refractivity contribution < 1.29 is 9.53 Å². The lowest BCUT2D eigenvalue weighted by Crippen LogP contribution is -2.51. The molecule has 9 nitrogen and oxygen atoms in total. The van der Waals surface area contributed by atoms with E-state index in [0.29, 0.717) is 42.8 Å². The smallest absolute Gasteiger partial charge is 0.346 e. The Morgan fingerprint density at radius 1 is 1.06 bits per heavy atom. The normalized spacial score (nSPS) is 15.1. The number of nitrogens with zero attached hydrogens (tertiary/aromatic N) is 7. The van der Waals surface area contributed by atoms with Crippen LogP contribution in [0.25, 0.3) is 11.0 Å². The molecule has 9 heteroatoms. The van der Waals surface area contributed by atoms with E-state index >= 15 is 0 Å². The molecule has 0 aliphatic carbocycles. The Bertz CT molecular complexity index is 1340. The monoisotopic (exact) mass is 453 g/mol. The summed E-state index contributed by atoms with van der Waals surface area (Å²) in [5, 5.41) is 17.2. The van der Waals surface area contributed by atoms with E-state index in [1.54, 1.807) is 36.4 Å². The highest BCUT2D eigenvalue weighted by Crippen LogP contribution is 2.30. The number of hydrogen-bond donors (Lipinski definition) is 0. The molecule has 34 heavy (non-hydrogen) atoms. The second-order valence-corrected chi connectivity index (χ2v) is 8.08. The first-order chi connectivity index (χ1) is 16.7. The van der Waals surface area contributed by atoms with Gasteiger partial charge >= 0.3 is 6.03 Å². The summed E-state index contributed by atoms with van der Waals surface area (Å²) in [6, 6.07) is 19.0. The number of methoxy groups -OCH3 is 1. The van der Waals surface area contributed by atoms with Gasteiger partial charge in [-0.15, -0.1) is 5.10 Å². The van der Waals surface area contributed by atoms with Crippen molar-refractivity contribution in [1.29, 1.82) is 5.26 Å². The summed E-state index contributed by atoms with van der Waals surface area (Å²) >= 11 is 0. The summed E-state index contributed by atoms with van der Waals surface area (Å²) in [6.07, 6.45) is 3.66. The minimum Gasteiger partial charge on any atom is -0.497 e. The van der Waals surface area contributed by atoms with Gasteiger partial charge in [-0.05, 0) is 47.5 Å². The average Bonchev–Trinajstić information content (AvgIpc) is 3.33.